The highest BCUT2D eigenvalue weighted by atomic mass is 127. The average Bonchev–Trinajstić information content (AvgIpc) is 2.44. The van der Waals surface area contributed by atoms with Gasteiger partial charge in [-0.1, -0.05) is 11.6 Å². The number of rotatable bonds is 4. The Kier molecular flexibility index (Phi) is 5.30. The van der Waals surface area contributed by atoms with Gasteiger partial charge in [0.25, 0.3) is 0 Å². The van der Waals surface area contributed by atoms with Crippen molar-refractivity contribution < 1.29 is 9.53 Å². The zero-order valence-electron chi connectivity index (χ0n) is 11.3. The van der Waals surface area contributed by atoms with Crippen LogP contribution in [0.4, 0.5) is 17.1 Å². The summed E-state index contributed by atoms with van der Waals surface area (Å²) in [6.07, 6.45) is 0. The molecule has 2 rings (SSSR count). The number of hydrogen-bond donors (Lipinski definition) is 2. The molecule has 0 unspecified atom stereocenters. The second kappa shape index (κ2) is 7.00. The fraction of sp³-hybridized carbons (Fsp3) is 0.133. The number of carbonyl (C=O) groups is 1. The Bertz CT molecular complexity index is 677. The summed E-state index contributed by atoms with van der Waals surface area (Å²) in [5, 5.41) is 3.76. The van der Waals surface area contributed by atoms with Gasteiger partial charge >= 0.3 is 5.97 Å². The lowest BCUT2D eigenvalue weighted by atomic mass is 10.1. The standard InChI is InChI=1S/C15H14ClIN2O2/c1-2-21-15(20)9-3-5-14(12(18)7-9)19-13-6-4-10(17)8-11(13)16/h3-8,19H,2,18H2,1H3. The Morgan fingerprint density at radius 1 is 1.29 bits per heavy atom. The van der Waals surface area contributed by atoms with E-state index in [1.54, 1.807) is 25.1 Å². The van der Waals surface area contributed by atoms with E-state index >= 15 is 0 Å². The zero-order chi connectivity index (χ0) is 15.4. The number of hydrogen-bond acceptors (Lipinski definition) is 4. The predicted molar refractivity (Wildman–Crippen MR) is 94.3 cm³/mol. The van der Waals surface area contributed by atoms with Gasteiger partial charge in [-0.15, -0.1) is 0 Å². The van der Waals surface area contributed by atoms with Crippen molar-refractivity contribution in [3.63, 3.8) is 0 Å². The number of nitrogens with one attached hydrogen (secondary N) is 1. The summed E-state index contributed by atoms with van der Waals surface area (Å²) in [6, 6.07) is 10.7. The van der Waals surface area contributed by atoms with E-state index in [1.807, 2.05) is 18.2 Å². The molecular weight excluding hydrogens is 403 g/mol. The quantitative estimate of drug-likeness (QED) is 0.439. The van der Waals surface area contributed by atoms with E-state index in [1.165, 1.54) is 0 Å². The van der Waals surface area contributed by atoms with Gasteiger partial charge in [-0.25, -0.2) is 4.79 Å². The fourth-order valence-corrected chi connectivity index (χ4v) is 2.66. The lowest BCUT2D eigenvalue weighted by Gasteiger charge is -2.12. The van der Waals surface area contributed by atoms with Gasteiger partial charge in [0, 0.05) is 3.57 Å². The molecule has 0 spiro atoms. The molecule has 0 aliphatic heterocycles. The Labute approximate surface area is 141 Å². The molecule has 2 aromatic carbocycles. The lowest BCUT2D eigenvalue weighted by molar-refractivity contribution is 0.0526. The van der Waals surface area contributed by atoms with Gasteiger partial charge in [0.2, 0.25) is 0 Å². The molecule has 110 valence electrons. The number of nitrogens with two attached hydrogens (primary N) is 1. The number of halogens is 2. The molecule has 0 atom stereocenters. The second-order valence-corrected chi connectivity index (χ2v) is 5.92. The normalized spacial score (nSPS) is 10.2. The molecule has 0 aliphatic carbocycles. The van der Waals surface area contributed by atoms with Crippen LogP contribution in [0.25, 0.3) is 0 Å². The van der Waals surface area contributed by atoms with Crippen LogP contribution >= 0.6 is 34.2 Å². The maximum Gasteiger partial charge on any atom is 0.338 e. The summed E-state index contributed by atoms with van der Waals surface area (Å²) in [5.41, 5.74) is 8.29. The summed E-state index contributed by atoms with van der Waals surface area (Å²) < 4.78 is 5.99. The van der Waals surface area contributed by atoms with Gasteiger partial charge in [-0.3, -0.25) is 0 Å². The topological polar surface area (TPSA) is 64.3 Å². The van der Waals surface area contributed by atoms with Crippen LogP contribution in [0.2, 0.25) is 5.02 Å². The minimum Gasteiger partial charge on any atom is -0.462 e. The molecule has 0 aliphatic rings. The summed E-state index contributed by atoms with van der Waals surface area (Å²) in [4.78, 5) is 11.6. The van der Waals surface area contributed by atoms with Crippen LogP contribution in [-0.2, 0) is 4.74 Å². The van der Waals surface area contributed by atoms with E-state index in [9.17, 15) is 4.79 Å². The van der Waals surface area contributed by atoms with Crippen LogP contribution in [0.3, 0.4) is 0 Å². The SMILES string of the molecule is CCOC(=O)c1ccc(Nc2ccc(I)cc2Cl)c(N)c1. The Morgan fingerprint density at radius 2 is 2.00 bits per heavy atom. The molecule has 0 saturated heterocycles. The minimum absolute atomic E-state index is 0.330. The monoisotopic (exact) mass is 416 g/mol. The molecule has 0 radical (unpaired) electrons. The molecule has 0 aromatic heterocycles. The van der Waals surface area contributed by atoms with Crippen LogP contribution < -0.4 is 11.1 Å². The number of ether oxygens (including phenoxy) is 1. The fourth-order valence-electron chi connectivity index (χ4n) is 1.75. The minimum atomic E-state index is -0.386. The molecule has 0 heterocycles. The first-order valence-corrected chi connectivity index (χ1v) is 7.75. The van der Waals surface area contributed by atoms with Gasteiger partial charge < -0.3 is 15.8 Å². The van der Waals surface area contributed by atoms with Crippen LogP contribution in [0.5, 0.6) is 0 Å². The van der Waals surface area contributed by atoms with Crippen molar-refractivity contribution in [1.82, 2.24) is 0 Å². The molecular formula is C15H14ClIN2O2. The highest BCUT2D eigenvalue weighted by Crippen LogP contribution is 2.30. The predicted octanol–water partition coefficient (Wildman–Crippen LogP) is 4.45. The van der Waals surface area contributed by atoms with Crippen molar-refractivity contribution in [1.29, 1.82) is 0 Å². The maximum atomic E-state index is 11.6. The molecule has 0 saturated carbocycles. The maximum absolute atomic E-state index is 11.6. The largest absolute Gasteiger partial charge is 0.462 e. The molecule has 4 nitrogen and oxygen atoms in total. The van der Waals surface area contributed by atoms with E-state index in [0.717, 1.165) is 9.26 Å². The second-order valence-electron chi connectivity index (χ2n) is 4.27. The first-order chi connectivity index (χ1) is 10.0. The van der Waals surface area contributed by atoms with Crippen molar-refractivity contribution >= 4 is 57.2 Å². The summed E-state index contributed by atoms with van der Waals surface area (Å²) >= 11 is 8.36. The highest BCUT2D eigenvalue weighted by molar-refractivity contribution is 14.1. The van der Waals surface area contributed by atoms with Crippen LogP contribution in [0.1, 0.15) is 17.3 Å². The third-order valence-corrected chi connectivity index (χ3v) is 3.75. The van der Waals surface area contributed by atoms with E-state index in [-0.39, 0.29) is 5.97 Å². The third-order valence-electron chi connectivity index (χ3n) is 2.76. The first kappa shape index (κ1) is 15.9. The van der Waals surface area contributed by atoms with E-state index in [0.29, 0.717) is 28.6 Å². The van der Waals surface area contributed by atoms with E-state index in [2.05, 4.69) is 27.9 Å². The van der Waals surface area contributed by atoms with E-state index in [4.69, 9.17) is 22.1 Å². The smallest absolute Gasteiger partial charge is 0.338 e. The average molecular weight is 417 g/mol. The summed E-state index contributed by atoms with van der Waals surface area (Å²) in [6.45, 7) is 2.09. The number of esters is 1. The Balaban J connectivity index is 2.23. The molecule has 0 bridgehead atoms. The van der Waals surface area contributed by atoms with Crippen LogP contribution in [-0.4, -0.2) is 12.6 Å². The molecule has 0 amide bonds. The molecule has 0 fully saturated rings. The molecule has 6 heteroatoms. The Morgan fingerprint density at radius 3 is 2.62 bits per heavy atom. The Hall–Kier alpha value is -1.47. The highest BCUT2D eigenvalue weighted by Gasteiger charge is 2.10. The van der Waals surface area contributed by atoms with Crippen molar-refractivity contribution in [2.24, 2.45) is 0 Å². The van der Waals surface area contributed by atoms with Gasteiger partial charge in [-0.2, -0.15) is 0 Å². The first-order valence-electron chi connectivity index (χ1n) is 6.30. The molecule has 2 aromatic rings. The van der Waals surface area contributed by atoms with Crippen molar-refractivity contribution in [2.75, 3.05) is 17.7 Å². The number of carbonyl (C=O) groups excluding carboxylic acids is 1. The lowest BCUT2D eigenvalue weighted by Crippen LogP contribution is -2.06. The summed E-state index contributed by atoms with van der Waals surface area (Å²) in [5.74, 6) is -0.386. The van der Waals surface area contributed by atoms with Crippen molar-refractivity contribution in [3.8, 4) is 0 Å². The van der Waals surface area contributed by atoms with Gasteiger partial charge in [0.1, 0.15) is 0 Å². The number of benzene rings is 2. The zero-order valence-corrected chi connectivity index (χ0v) is 14.2. The van der Waals surface area contributed by atoms with E-state index < -0.39 is 0 Å². The van der Waals surface area contributed by atoms with Crippen molar-refractivity contribution in [2.45, 2.75) is 6.92 Å². The summed E-state index contributed by atoms with van der Waals surface area (Å²) in [7, 11) is 0. The van der Waals surface area contributed by atoms with Gasteiger partial charge in [0.15, 0.2) is 0 Å². The van der Waals surface area contributed by atoms with Gasteiger partial charge in [0.05, 0.1) is 34.3 Å². The van der Waals surface area contributed by atoms with Crippen LogP contribution in [0.15, 0.2) is 36.4 Å². The third kappa shape index (κ3) is 4.01. The molecule has 3 N–H and O–H groups in total. The molecule has 21 heavy (non-hydrogen) atoms. The van der Waals surface area contributed by atoms with Crippen LogP contribution in [0, 0.1) is 3.57 Å². The number of anilines is 3. The van der Waals surface area contributed by atoms with Gasteiger partial charge in [-0.05, 0) is 65.9 Å². The van der Waals surface area contributed by atoms with Crippen molar-refractivity contribution in [3.05, 3.63) is 50.6 Å². The number of nitrogen functional groups attached to an aromatic ring is 1.